The summed E-state index contributed by atoms with van der Waals surface area (Å²) >= 11 is 4.90. The second kappa shape index (κ2) is 6.15. The predicted molar refractivity (Wildman–Crippen MR) is 67.1 cm³/mol. The summed E-state index contributed by atoms with van der Waals surface area (Å²) in [5, 5.41) is 2.86. The first-order valence-corrected chi connectivity index (χ1v) is 6.11. The lowest BCUT2D eigenvalue weighted by Gasteiger charge is -2.20. The number of nitrogens with one attached hydrogen (secondary N) is 1. The topological polar surface area (TPSA) is 64.3 Å². The number of hydrogen-bond acceptors (Lipinski definition) is 3. The Morgan fingerprint density at radius 3 is 2.75 bits per heavy atom. The predicted octanol–water partition coefficient (Wildman–Crippen LogP) is 0.840. The van der Waals surface area contributed by atoms with Crippen molar-refractivity contribution in [2.75, 3.05) is 13.2 Å². The van der Waals surface area contributed by atoms with Crippen LogP contribution in [-0.2, 0) is 9.53 Å². The van der Waals surface area contributed by atoms with Crippen LogP contribution in [0.15, 0.2) is 0 Å². The van der Waals surface area contributed by atoms with Gasteiger partial charge in [0.2, 0.25) is 5.91 Å². The van der Waals surface area contributed by atoms with Crippen molar-refractivity contribution in [1.82, 2.24) is 5.32 Å². The van der Waals surface area contributed by atoms with Gasteiger partial charge in [-0.1, -0.05) is 26.1 Å². The van der Waals surface area contributed by atoms with Crippen LogP contribution in [0.1, 0.15) is 26.7 Å². The monoisotopic (exact) mass is 244 g/mol. The van der Waals surface area contributed by atoms with Gasteiger partial charge in [-0.2, -0.15) is 0 Å². The van der Waals surface area contributed by atoms with Crippen LogP contribution >= 0.6 is 12.2 Å². The third kappa shape index (κ3) is 3.72. The van der Waals surface area contributed by atoms with Crippen molar-refractivity contribution in [3.63, 3.8) is 0 Å². The molecule has 0 spiro atoms. The minimum absolute atomic E-state index is 0.0852. The molecule has 0 radical (unpaired) electrons. The zero-order chi connectivity index (χ0) is 12.1. The van der Waals surface area contributed by atoms with E-state index in [1.165, 1.54) is 0 Å². The molecule has 2 atom stereocenters. The van der Waals surface area contributed by atoms with Crippen molar-refractivity contribution in [1.29, 1.82) is 0 Å². The molecule has 4 nitrogen and oxygen atoms in total. The molecule has 16 heavy (non-hydrogen) atoms. The van der Waals surface area contributed by atoms with Gasteiger partial charge in [-0.25, -0.2) is 0 Å². The van der Waals surface area contributed by atoms with E-state index in [1.807, 2.05) is 13.8 Å². The summed E-state index contributed by atoms with van der Waals surface area (Å²) in [5.41, 5.74) is 5.56. The molecular formula is C11H20N2O2S. The van der Waals surface area contributed by atoms with E-state index in [0.29, 0.717) is 6.54 Å². The van der Waals surface area contributed by atoms with Gasteiger partial charge in [-0.3, -0.25) is 4.79 Å². The average Bonchev–Trinajstić information content (AvgIpc) is 2.65. The summed E-state index contributed by atoms with van der Waals surface area (Å²) in [6.07, 6.45) is 2.24. The van der Waals surface area contributed by atoms with Crippen LogP contribution in [0.5, 0.6) is 0 Å². The van der Waals surface area contributed by atoms with Crippen molar-refractivity contribution in [2.45, 2.75) is 32.8 Å². The van der Waals surface area contributed by atoms with E-state index in [-0.39, 0.29) is 28.8 Å². The number of ether oxygens (including phenoxy) is 1. The lowest BCUT2D eigenvalue weighted by molar-refractivity contribution is -0.124. The second-order valence-electron chi connectivity index (χ2n) is 4.50. The molecule has 1 aliphatic rings. The normalized spacial score (nSPS) is 22.1. The first kappa shape index (κ1) is 13.4. The number of carbonyl (C=O) groups is 1. The summed E-state index contributed by atoms with van der Waals surface area (Å²) in [7, 11) is 0. The summed E-state index contributed by atoms with van der Waals surface area (Å²) in [5.74, 6) is -0.337. The van der Waals surface area contributed by atoms with Crippen LogP contribution in [0.3, 0.4) is 0 Å². The highest BCUT2D eigenvalue weighted by atomic mass is 32.1. The fourth-order valence-electron chi connectivity index (χ4n) is 1.89. The molecule has 0 saturated carbocycles. The van der Waals surface area contributed by atoms with Crippen molar-refractivity contribution >= 4 is 23.1 Å². The fourth-order valence-corrected chi connectivity index (χ4v) is 2.27. The van der Waals surface area contributed by atoms with Crippen LogP contribution in [0.2, 0.25) is 0 Å². The Hall–Kier alpha value is -0.680. The smallest absolute Gasteiger partial charge is 0.230 e. The molecule has 5 heteroatoms. The van der Waals surface area contributed by atoms with Crippen LogP contribution < -0.4 is 11.1 Å². The molecule has 1 saturated heterocycles. The molecule has 1 aliphatic heterocycles. The molecule has 92 valence electrons. The van der Waals surface area contributed by atoms with Gasteiger partial charge in [-0.05, 0) is 18.8 Å². The van der Waals surface area contributed by atoms with Gasteiger partial charge in [0.05, 0.1) is 17.0 Å². The zero-order valence-corrected chi connectivity index (χ0v) is 10.7. The minimum Gasteiger partial charge on any atom is -0.393 e. The van der Waals surface area contributed by atoms with Gasteiger partial charge in [0.1, 0.15) is 0 Å². The summed E-state index contributed by atoms with van der Waals surface area (Å²) in [6, 6.07) is 0. The number of carbonyl (C=O) groups excluding carboxylic acids is 1. The van der Waals surface area contributed by atoms with Crippen molar-refractivity contribution in [3.05, 3.63) is 0 Å². The van der Waals surface area contributed by atoms with Crippen molar-refractivity contribution < 1.29 is 9.53 Å². The van der Waals surface area contributed by atoms with Gasteiger partial charge in [0.15, 0.2) is 0 Å². The standard InChI is InChI=1S/C11H20N2O2S/c1-7(2)9(10(12)16)11(14)13-6-8-4-3-5-15-8/h7-9H,3-6H2,1-2H3,(H2,12,16)(H,13,14). The number of amides is 1. The van der Waals surface area contributed by atoms with E-state index in [9.17, 15) is 4.79 Å². The highest BCUT2D eigenvalue weighted by molar-refractivity contribution is 7.80. The molecule has 0 bridgehead atoms. The Kier molecular flexibility index (Phi) is 5.15. The van der Waals surface area contributed by atoms with E-state index < -0.39 is 0 Å². The van der Waals surface area contributed by atoms with Crippen LogP contribution in [-0.4, -0.2) is 30.2 Å². The number of thiocarbonyl (C=S) groups is 1. The number of nitrogens with two attached hydrogens (primary N) is 1. The van der Waals surface area contributed by atoms with Crippen LogP contribution in [0, 0.1) is 11.8 Å². The molecule has 0 aromatic rings. The van der Waals surface area contributed by atoms with E-state index in [2.05, 4.69) is 5.32 Å². The summed E-state index contributed by atoms with van der Waals surface area (Å²) < 4.78 is 5.43. The lowest BCUT2D eigenvalue weighted by Crippen LogP contribution is -2.43. The minimum atomic E-state index is -0.378. The molecule has 0 aromatic heterocycles. The first-order valence-electron chi connectivity index (χ1n) is 5.71. The third-order valence-corrected chi connectivity index (χ3v) is 3.04. The maximum atomic E-state index is 11.8. The SMILES string of the molecule is CC(C)C(C(=O)NCC1CCCO1)C(N)=S. The Labute approximate surface area is 102 Å². The highest BCUT2D eigenvalue weighted by Crippen LogP contribution is 2.13. The number of rotatable bonds is 5. The third-order valence-electron chi connectivity index (χ3n) is 2.78. The Bertz CT molecular complexity index is 263. The van der Waals surface area contributed by atoms with Gasteiger partial charge < -0.3 is 15.8 Å². The van der Waals surface area contributed by atoms with Gasteiger partial charge in [-0.15, -0.1) is 0 Å². The Balaban J connectivity index is 2.39. The zero-order valence-electron chi connectivity index (χ0n) is 9.86. The maximum absolute atomic E-state index is 11.8. The van der Waals surface area contributed by atoms with Gasteiger partial charge in [0.25, 0.3) is 0 Å². The highest BCUT2D eigenvalue weighted by Gasteiger charge is 2.26. The van der Waals surface area contributed by atoms with Crippen LogP contribution in [0.25, 0.3) is 0 Å². The molecule has 0 aromatic carbocycles. The quantitative estimate of drug-likeness (QED) is 0.703. The molecule has 1 heterocycles. The lowest BCUT2D eigenvalue weighted by atomic mass is 9.95. The molecule has 2 unspecified atom stereocenters. The maximum Gasteiger partial charge on any atom is 0.230 e. The molecular weight excluding hydrogens is 224 g/mol. The number of hydrogen-bond donors (Lipinski definition) is 2. The Morgan fingerprint density at radius 1 is 1.62 bits per heavy atom. The molecule has 1 rings (SSSR count). The largest absolute Gasteiger partial charge is 0.393 e. The Morgan fingerprint density at radius 2 is 2.31 bits per heavy atom. The molecule has 1 amide bonds. The molecule has 0 aliphatic carbocycles. The first-order chi connectivity index (χ1) is 7.52. The summed E-state index contributed by atoms with van der Waals surface area (Å²) in [6.45, 7) is 5.24. The van der Waals surface area contributed by atoms with E-state index in [4.69, 9.17) is 22.7 Å². The summed E-state index contributed by atoms with van der Waals surface area (Å²) in [4.78, 5) is 12.1. The van der Waals surface area contributed by atoms with E-state index >= 15 is 0 Å². The molecule has 3 N–H and O–H groups in total. The van der Waals surface area contributed by atoms with Gasteiger partial charge in [0, 0.05) is 13.2 Å². The van der Waals surface area contributed by atoms with E-state index in [1.54, 1.807) is 0 Å². The van der Waals surface area contributed by atoms with E-state index in [0.717, 1.165) is 19.4 Å². The van der Waals surface area contributed by atoms with Crippen molar-refractivity contribution in [2.24, 2.45) is 17.6 Å². The molecule has 1 fully saturated rings. The average molecular weight is 244 g/mol. The fraction of sp³-hybridized carbons (Fsp3) is 0.818. The van der Waals surface area contributed by atoms with Gasteiger partial charge >= 0.3 is 0 Å². The van der Waals surface area contributed by atoms with Crippen molar-refractivity contribution in [3.8, 4) is 0 Å². The second-order valence-corrected chi connectivity index (χ2v) is 4.98. The van der Waals surface area contributed by atoms with Crippen LogP contribution in [0.4, 0.5) is 0 Å².